The van der Waals surface area contributed by atoms with E-state index in [1.165, 1.54) is 28.2 Å². The molecule has 0 saturated carbocycles. The number of hydrogen-bond donors (Lipinski definition) is 1. The maximum absolute atomic E-state index is 5.00. The fourth-order valence-electron chi connectivity index (χ4n) is 2.68. The van der Waals surface area contributed by atoms with Crippen molar-refractivity contribution in [1.29, 1.82) is 0 Å². The first kappa shape index (κ1) is 14.2. The fraction of sp³-hybridized carbons (Fsp3) is 0. The molecule has 24 heavy (non-hydrogen) atoms. The summed E-state index contributed by atoms with van der Waals surface area (Å²) < 4.78 is 5.00. The summed E-state index contributed by atoms with van der Waals surface area (Å²) in [5.74, 6) is 0.561. The van der Waals surface area contributed by atoms with Crippen LogP contribution in [0.5, 0.6) is 0 Å². The lowest BCUT2D eigenvalue weighted by Gasteiger charge is -1.89. The van der Waals surface area contributed by atoms with Crippen molar-refractivity contribution in [2.45, 2.75) is 0 Å². The molecule has 2 aromatic heterocycles. The van der Waals surface area contributed by atoms with Crippen LogP contribution in [0.2, 0.25) is 0 Å². The van der Waals surface area contributed by atoms with Gasteiger partial charge in [0.15, 0.2) is 0 Å². The van der Waals surface area contributed by atoms with Gasteiger partial charge in [-0.15, -0.1) is 10.2 Å². The zero-order chi connectivity index (χ0) is 16.2. The average molecular weight is 313 g/mol. The average Bonchev–Trinajstić information content (AvgIpc) is 3.31. The van der Waals surface area contributed by atoms with E-state index >= 15 is 0 Å². The number of H-pyrrole nitrogens is 1. The lowest BCUT2D eigenvalue weighted by Crippen LogP contribution is -1.75. The van der Waals surface area contributed by atoms with Crippen LogP contribution in [0, 0.1) is 0 Å². The van der Waals surface area contributed by atoms with Gasteiger partial charge in [-0.05, 0) is 24.3 Å². The standard InChI is InChI=1S/C12H9N.C8H6N2O/c1-3-7-11-9(5-1)10-6-2-4-8-12(10)13-11;1-2-4-7(5-3-1)8-10-9-6-11-8/h1-8,13H;1-6H. The summed E-state index contributed by atoms with van der Waals surface area (Å²) in [6.45, 7) is 0. The van der Waals surface area contributed by atoms with Crippen molar-refractivity contribution in [2.24, 2.45) is 0 Å². The van der Waals surface area contributed by atoms with Gasteiger partial charge >= 0.3 is 0 Å². The first-order chi connectivity index (χ1) is 11.9. The second-order valence-corrected chi connectivity index (χ2v) is 5.33. The summed E-state index contributed by atoms with van der Waals surface area (Å²) in [6, 6.07) is 26.4. The van der Waals surface area contributed by atoms with Crippen LogP contribution in [-0.4, -0.2) is 15.2 Å². The molecule has 0 aliphatic carbocycles. The van der Waals surface area contributed by atoms with Gasteiger partial charge in [0.2, 0.25) is 12.3 Å². The van der Waals surface area contributed by atoms with Crippen molar-refractivity contribution in [2.75, 3.05) is 0 Å². The van der Waals surface area contributed by atoms with Crippen LogP contribution in [0.15, 0.2) is 89.7 Å². The number of para-hydroxylation sites is 2. The van der Waals surface area contributed by atoms with Gasteiger partial charge in [-0.1, -0.05) is 54.6 Å². The minimum atomic E-state index is 0.561. The fourth-order valence-corrected chi connectivity index (χ4v) is 2.68. The number of nitrogens with one attached hydrogen (secondary N) is 1. The zero-order valence-electron chi connectivity index (χ0n) is 12.9. The minimum Gasteiger partial charge on any atom is -0.423 e. The van der Waals surface area contributed by atoms with Crippen LogP contribution in [0.1, 0.15) is 0 Å². The highest BCUT2D eigenvalue weighted by Gasteiger charge is 2.00. The molecule has 5 rings (SSSR count). The lowest BCUT2D eigenvalue weighted by atomic mass is 10.2. The Morgan fingerprint density at radius 2 is 1.25 bits per heavy atom. The minimum absolute atomic E-state index is 0.561. The molecular weight excluding hydrogens is 298 g/mol. The molecule has 0 bridgehead atoms. The van der Waals surface area contributed by atoms with Gasteiger partial charge in [0.1, 0.15) is 0 Å². The summed E-state index contributed by atoms with van der Waals surface area (Å²) >= 11 is 0. The van der Waals surface area contributed by atoms with Crippen molar-refractivity contribution in [3.05, 3.63) is 85.3 Å². The van der Waals surface area contributed by atoms with Gasteiger partial charge in [-0.2, -0.15) is 0 Å². The van der Waals surface area contributed by atoms with Crippen LogP contribution in [0.4, 0.5) is 0 Å². The second kappa shape index (κ2) is 6.38. The van der Waals surface area contributed by atoms with E-state index in [1.54, 1.807) is 0 Å². The molecule has 116 valence electrons. The summed E-state index contributed by atoms with van der Waals surface area (Å²) in [7, 11) is 0. The molecule has 0 saturated heterocycles. The van der Waals surface area contributed by atoms with Crippen LogP contribution >= 0.6 is 0 Å². The number of aromatic amines is 1. The molecule has 0 aliphatic heterocycles. The third-order valence-corrected chi connectivity index (χ3v) is 3.79. The molecule has 0 amide bonds. The number of rotatable bonds is 1. The van der Waals surface area contributed by atoms with E-state index in [9.17, 15) is 0 Å². The summed E-state index contributed by atoms with van der Waals surface area (Å²) in [5.41, 5.74) is 3.37. The molecule has 0 fully saturated rings. The summed E-state index contributed by atoms with van der Waals surface area (Å²) in [6.07, 6.45) is 1.32. The van der Waals surface area contributed by atoms with Gasteiger partial charge in [0, 0.05) is 27.4 Å². The van der Waals surface area contributed by atoms with Gasteiger partial charge in [-0.25, -0.2) is 0 Å². The summed E-state index contributed by atoms with van der Waals surface area (Å²) in [4.78, 5) is 3.38. The van der Waals surface area contributed by atoms with Gasteiger partial charge in [0.25, 0.3) is 0 Å². The maximum Gasteiger partial charge on any atom is 0.247 e. The van der Waals surface area contributed by atoms with Gasteiger partial charge < -0.3 is 9.40 Å². The van der Waals surface area contributed by atoms with E-state index < -0.39 is 0 Å². The Labute approximate surface area is 138 Å². The molecule has 0 radical (unpaired) electrons. The number of benzene rings is 3. The Bertz CT molecular complexity index is 1000. The Kier molecular flexibility index (Phi) is 3.78. The van der Waals surface area contributed by atoms with E-state index in [0.717, 1.165) is 5.56 Å². The quantitative estimate of drug-likeness (QED) is 0.471. The topological polar surface area (TPSA) is 54.7 Å². The van der Waals surface area contributed by atoms with Crippen molar-refractivity contribution in [3.63, 3.8) is 0 Å². The number of hydrogen-bond acceptors (Lipinski definition) is 3. The van der Waals surface area contributed by atoms with Crippen LogP contribution in [-0.2, 0) is 0 Å². The van der Waals surface area contributed by atoms with E-state index in [0.29, 0.717) is 5.89 Å². The third-order valence-electron chi connectivity index (χ3n) is 3.79. The number of aromatic nitrogens is 3. The lowest BCUT2D eigenvalue weighted by molar-refractivity contribution is 0.568. The normalized spacial score (nSPS) is 10.5. The molecule has 1 N–H and O–H groups in total. The molecule has 5 aromatic rings. The third kappa shape index (κ3) is 2.77. The molecule has 4 heteroatoms. The molecule has 0 unspecified atom stereocenters. The first-order valence-corrected chi connectivity index (χ1v) is 7.69. The number of fused-ring (bicyclic) bond motifs is 3. The van der Waals surface area contributed by atoms with Crippen LogP contribution in [0.25, 0.3) is 33.3 Å². The molecule has 0 aliphatic rings. The highest BCUT2D eigenvalue weighted by molar-refractivity contribution is 6.06. The van der Waals surface area contributed by atoms with E-state index in [4.69, 9.17) is 4.42 Å². The second-order valence-electron chi connectivity index (χ2n) is 5.33. The summed E-state index contributed by atoms with van der Waals surface area (Å²) in [5, 5.41) is 9.96. The first-order valence-electron chi connectivity index (χ1n) is 7.69. The van der Waals surface area contributed by atoms with Crippen LogP contribution in [0.3, 0.4) is 0 Å². The Morgan fingerprint density at radius 3 is 1.83 bits per heavy atom. The van der Waals surface area contributed by atoms with Crippen molar-refractivity contribution < 1.29 is 4.42 Å². The highest BCUT2D eigenvalue weighted by atomic mass is 16.4. The Balaban J connectivity index is 0.000000123. The van der Waals surface area contributed by atoms with E-state index in [2.05, 4.69) is 63.7 Å². The van der Waals surface area contributed by atoms with E-state index in [1.807, 2.05) is 30.3 Å². The molecule has 0 spiro atoms. The molecule has 0 atom stereocenters. The molecule has 4 nitrogen and oxygen atoms in total. The Hall–Kier alpha value is -3.40. The predicted molar refractivity (Wildman–Crippen MR) is 95.5 cm³/mol. The zero-order valence-corrected chi connectivity index (χ0v) is 12.9. The van der Waals surface area contributed by atoms with Crippen molar-refractivity contribution >= 4 is 21.8 Å². The molecule has 2 heterocycles. The highest BCUT2D eigenvalue weighted by Crippen LogP contribution is 2.24. The smallest absolute Gasteiger partial charge is 0.247 e. The monoisotopic (exact) mass is 313 g/mol. The van der Waals surface area contributed by atoms with E-state index in [-0.39, 0.29) is 0 Å². The molecule has 3 aromatic carbocycles. The largest absolute Gasteiger partial charge is 0.423 e. The number of nitrogens with zero attached hydrogens (tertiary/aromatic N) is 2. The van der Waals surface area contributed by atoms with Crippen LogP contribution < -0.4 is 0 Å². The van der Waals surface area contributed by atoms with Gasteiger partial charge in [-0.3, -0.25) is 0 Å². The maximum atomic E-state index is 5.00. The predicted octanol–water partition coefficient (Wildman–Crippen LogP) is 5.06. The van der Waals surface area contributed by atoms with Crippen molar-refractivity contribution in [3.8, 4) is 11.5 Å². The van der Waals surface area contributed by atoms with Crippen molar-refractivity contribution in [1.82, 2.24) is 15.2 Å². The SMILES string of the molecule is c1ccc(-c2nnco2)cc1.c1ccc2c(c1)[nH]c1ccccc12. The molecular formula is C20H15N3O. The Morgan fingerprint density at radius 1 is 0.667 bits per heavy atom. The van der Waals surface area contributed by atoms with Gasteiger partial charge in [0.05, 0.1) is 0 Å².